The van der Waals surface area contributed by atoms with Crippen LogP contribution < -0.4 is 11.5 Å². The molecule has 58 valence electrons. The second-order valence-corrected chi connectivity index (χ2v) is 3.26. The van der Waals surface area contributed by atoms with Gasteiger partial charge in [0.05, 0.1) is 0 Å². The van der Waals surface area contributed by atoms with Crippen LogP contribution in [0.3, 0.4) is 0 Å². The zero-order valence-electron chi connectivity index (χ0n) is 5.67. The summed E-state index contributed by atoms with van der Waals surface area (Å²) in [4.78, 5) is 10.6. The molecule has 0 spiro atoms. The SMILES string of the molecule is NC(=O)c1ccc(I)c(N)c1. The molecule has 0 radical (unpaired) electrons. The van der Waals surface area contributed by atoms with Crippen LogP contribution in [0.4, 0.5) is 5.69 Å². The highest BCUT2D eigenvalue weighted by molar-refractivity contribution is 14.1. The molecule has 0 saturated heterocycles. The molecule has 0 bridgehead atoms. The van der Waals surface area contributed by atoms with Crippen molar-refractivity contribution in [3.8, 4) is 0 Å². The number of amides is 1. The maximum Gasteiger partial charge on any atom is 0.248 e. The summed E-state index contributed by atoms with van der Waals surface area (Å²) in [6, 6.07) is 4.99. The molecule has 0 aliphatic carbocycles. The van der Waals surface area contributed by atoms with Gasteiger partial charge in [0.1, 0.15) is 0 Å². The normalized spacial score (nSPS) is 9.55. The third kappa shape index (κ3) is 1.83. The highest BCUT2D eigenvalue weighted by atomic mass is 127. The zero-order chi connectivity index (χ0) is 8.43. The Hall–Kier alpha value is -0.780. The molecule has 4 heteroatoms. The van der Waals surface area contributed by atoms with Crippen LogP contribution in [0, 0.1) is 3.57 Å². The van der Waals surface area contributed by atoms with E-state index >= 15 is 0 Å². The van der Waals surface area contributed by atoms with E-state index < -0.39 is 5.91 Å². The smallest absolute Gasteiger partial charge is 0.248 e. The Labute approximate surface area is 77.9 Å². The number of carbonyl (C=O) groups is 1. The lowest BCUT2D eigenvalue weighted by molar-refractivity contribution is 0.100. The summed E-state index contributed by atoms with van der Waals surface area (Å²) in [6.07, 6.45) is 0. The number of benzene rings is 1. The zero-order valence-corrected chi connectivity index (χ0v) is 7.83. The lowest BCUT2D eigenvalue weighted by atomic mass is 10.2. The van der Waals surface area contributed by atoms with Gasteiger partial charge >= 0.3 is 0 Å². The van der Waals surface area contributed by atoms with Crippen LogP contribution >= 0.6 is 22.6 Å². The lowest BCUT2D eigenvalue weighted by Gasteiger charge is -1.99. The van der Waals surface area contributed by atoms with Crippen molar-refractivity contribution in [2.75, 3.05) is 5.73 Å². The third-order valence-corrected chi connectivity index (χ3v) is 2.26. The molecule has 0 heterocycles. The second-order valence-electron chi connectivity index (χ2n) is 2.10. The minimum absolute atomic E-state index is 0.447. The Bertz CT molecular complexity index is 298. The summed E-state index contributed by atoms with van der Waals surface area (Å²) in [5.74, 6) is -0.451. The van der Waals surface area contributed by atoms with Gasteiger partial charge < -0.3 is 11.5 Å². The van der Waals surface area contributed by atoms with Gasteiger partial charge in [-0.25, -0.2) is 0 Å². The van der Waals surface area contributed by atoms with Crippen molar-refractivity contribution >= 4 is 34.2 Å². The summed E-state index contributed by atoms with van der Waals surface area (Å²) >= 11 is 2.09. The van der Waals surface area contributed by atoms with E-state index in [1.807, 2.05) is 0 Å². The van der Waals surface area contributed by atoms with Crippen LogP contribution in [0.1, 0.15) is 10.4 Å². The molecule has 1 aromatic carbocycles. The van der Waals surface area contributed by atoms with Gasteiger partial charge in [-0.3, -0.25) is 4.79 Å². The molecule has 0 saturated carbocycles. The fourth-order valence-corrected chi connectivity index (χ4v) is 1.03. The molecule has 0 aromatic heterocycles. The Morgan fingerprint density at radius 2 is 2.09 bits per heavy atom. The summed E-state index contributed by atoms with van der Waals surface area (Å²) in [7, 11) is 0. The monoisotopic (exact) mass is 262 g/mol. The maximum absolute atomic E-state index is 10.6. The quantitative estimate of drug-likeness (QED) is 0.585. The van der Waals surface area contributed by atoms with Crippen LogP contribution in [0.5, 0.6) is 0 Å². The fraction of sp³-hybridized carbons (Fsp3) is 0. The molecule has 0 aliphatic heterocycles. The standard InChI is InChI=1S/C7H7IN2O/c8-5-2-1-4(7(10)11)3-6(5)9/h1-3H,9H2,(H2,10,11). The number of hydrogen-bond acceptors (Lipinski definition) is 2. The Morgan fingerprint density at radius 3 is 2.55 bits per heavy atom. The van der Waals surface area contributed by atoms with Gasteiger partial charge in [0.2, 0.25) is 5.91 Å². The summed E-state index contributed by atoms with van der Waals surface area (Å²) in [5.41, 5.74) is 11.6. The average molecular weight is 262 g/mol. The number of nitrogens with two attached hydrogens (primary N) is 2. The van der Waals surface area contributed by atoms with Crippen molar-refractivity contribution in [1.29, 1.82) is 0 Å². The van der Waals surface area contributed by atoms with Crippen molar-refractivity contribution < 1.29 is 4.79 Å². The van der Waals surface area contributed by atoms with E-state index in [4.69, 9.17) is 11.5 Å². The predicted molar refractivity (Wildman–Crippen MR) is 52.1 cm³/mol. The van der Waals surface area contributed by atoms with E-state index in [0.29, 0.717) is 11.3 Å². The first-order chi connectivity index (χ1) is 5.11. The molecular formula is C7H7IN2O. The summed E-state index contributed by atoms with van der Waals surface area (Å²) in [5, 5.41) is 0. The Kier molecular flexibility index (Phi) is 2.33. The van der Waals surface area contributed by atoms with E-state index in [1.54, 1.807) is 18.2 Å². The molecule has 1 amide bonds. The maximum atomic E-state index is 10.6. The number of primary amides is 1. The number of carbonyl (C=O) groups excluding carboxylic acids is 1. The fourth-order valence-electron chi connectivity index (χ4n) is 0.697. The molecule has 0 aliphatic rings. The second kappa shape index (κ2) is 3.08. The number of rotatable bonds is 1. The van der Waals surface area contributed by atoms with Crippen molar-refractivity contribution in [1.82, 2.24) is 0 Å². The van der Waals surface area contributed by atoms with Crippen LogP contribution in [-0.2, 0) is 0 Å². The van der Waals surface area contributed by atoms with E-state index in [0.717, 1.165) is 3.57 Å². The molecule has 4 N–H and O–H groups in total. The Balaban J connectivity index is 3.15. The van der Waals surface area contributed by atoms with E-state index in [1.165, 1.54) is 0 Å². The number of halogens is 1. The highest BCUT2D eigenvalue weighted by Gasteiger charge is 2.01. The van der Waals surface area contributed by atoms with Gasteiger partial charge in [0.25, 0.3) is 0 Å². The van der Waals surface area contributed by atoms with E-state index in [9.17, 15) is 4.79 Å². The lowest BCUT2D eigenvalue weighted by Crippen LogP contribution is -2.11. The Morgan fingerprint density at radius 1 is 1.45 bits per heavy atom. The van der Waals surface area contributed by atoms with Gasteiger partial charge in [-0.1, -0.05) is 0 Å². The molecule has 3 nitrogen and oxygen atoms in total. The average Bonchev–Trinajstić information content (AvgIpc) is 1.94. The minimum atomic E-state index is -0.451. The molecule has 1 aromatic rings. The van der Waals surface area contributed by atoms with Gasteiger partial charge in [0.15, 0.2) is 0 Å². The van der Waals surface area contributed by atoms with E-state index in [2.05, 4.69) is 22.6 Å². The van der Waals surface area contributed by atoms with Crippen LogP contribution in [0.25, 0.3) is 0 Å². The van der Waals surface area contributed by atoms with Gasteiger partial charge in [-0.05, 0) is 40.8 Å². The van der Waals surface area contributed by atoms with Crippen LogP contribution in [0.15, 0.2) is 18.2 Å². The first kappa shape index (κ1) is 8.32. The van der Waals surface area contributed by atoms with E-state index in [-0.39, 0.29) is 0 Å². The molecular weight excluding hydrogens is 255 g/mol. The van der Waals surface area contributed by atoms with Crippen LogP contribution in [0.2, 0.25) is 0 Å². The first-order valence-electron chi connectivity index (χ1n) is 2.96. The molecule has 0 atom stereocenters. The predicted octanol–water partition coefficient (Wildman–Crippen LogP) is 0.972. The third-order valence-electron chi connectivity index (χ3n) is 1.28. The summed E-state index contributed by atoms with van der Waals surface area (Å²) in [6.45, 7) is 0. The molecule has 11 heavy (non-hydrogen) atoms. The topological polar surface area (TPSA) is 69.1 Å². The van der Waals surface area contributed by atoms with Gasteiger partial charge in [0, 0.05) is 14.8 Å². The van der Waals surface area contributed by atoms with Crippen molar-refractivity contribution in [3.63, 3.8) is 0 Å². The van der Waals surface area contributed by atoms with Crippen molar-refractivity contribution in [3.05, 3.63) is 27.3 Å². The largest absolute Gasteiger partial charge is 0.398 e. The van der Waals surface area contributed by atoms with Crippen molar-refractivity contribution in [2.24, 2.45) is 5.73 Å². The molecule has 0 unspecified atom stereocenters. The molecule has 1 rings (SSSR count). The first-order valence-corrected chi connectivity index (χ1v) is 4.04. The molecule has 0 fully saturated rings. The summed E-state index contributed by atoms with van der Waals surface area (Å²) < 4.78 is 0.924. The van der Waals surface area contributed by atoms with Crippen molar-refractivity contribution in [2.45, 2.75) is 0 Å². The number of hydrogen-bond donors (Lipinski definition) is 2. The minimum Gasteiger partial charge on any atom is -0.398 e. The number of anilines is 1. The number of nitrogen functional groups attached to an aromatic ring is 1. The highest BCUT2D eigenvalue weighted by Crippen LogP contribution is 2.15. The van der Waals surface area contributed by atoms with Gasteiger partial charge in [-0.15, -0.1) is 0 Å². The van der Waals surface area contributed by atoms with Gasteiger partial charge in [-0.2, -0.15) is 0 Å². The van der Waals surface area contributed by atoms with Crippen LogP contribution in [-0.4, -0.2) is 5.91 Å².